The average Bonchev–Trinajstić information content (AvgIpc) is 2.15. The summed E-state index contributed by atoms with van der Waals surface area (Å²) in [4.78, 5) is 14.7. The van der Waals surface area contributed by atoms with Crippen LogP contribution in [0.1, 0.15) is 25.7 Å². The monoisotopic (exact) mass is 185 g/mol. The van der Waals surface area contributed by atoms with Crippen molar-refractivity contribution in [3.05, 3.63) is 0 Å². The zero-order chi connectivity index (χ0) is 9.68. The summed E-state index contributed by atoms with van der Waals surface area (Å²) >= 11 is 0. The number of aliphatic carboxylic acids is 1. The molecule has 0 unspecified atom stereocenters. The second-order valence-corrected chi connectivity index (χ2v) is 3.29. The third-order valence-corrected chi connectivity index (χ3v) is 2.41. The van der Waals surface area contributed by atoms with E-state index in [1.54, 1.807) is 0 Å². The fraction of sp³-hybridized carbons (Fsp3) is 0.750. The van der Waals surface area contributed by atoms with E-state index in [2.05, 4.69) is 10.4 Å². The molecule has 0 heterocycles. The van der Waals surface area contributed by atoms with Crippen molar-refractivity contribution in [3.8, 4) is 0 Å². The first-order valence-electron chi connectivity index (χ1n) is 4.44. The molecule has 0 radical (unpaired) electrons. The molecule has 5 nitrogen and oxygen atoms in total. The van der Waals surface area contributed by atoms with E-state index in [0.29, 0.717) is 0 Å². The minimum absolute atomic E-state index is 0.169. The lowest BCUT2D eigenvalue weighted by molar-refractivity contribution is -0.142. The number of nitrogens with one attached hydrogen (secondary N) is 1. The molecule has 1 aliphatic carbocycles. The van der Waals surface area contributed by atoms with Gasteiger partial charge in [0.15, 0.2) is 0 Å². The van der Waals surface area contributed by atoms with Crippen LogP contribution in [-0.2, 0) is 4.79 Å². The minimum Gasteiger partial charge on any atom is -0.481 e. The van der Waals surface area contributed by atoms with Gasteiger partial charge in [0.1, 0.15) is 0 Å². The maximum absolute atomic E-state index is 10.6. The Balaban J connectivity index is 2.30. The van der Waals surface area contributed by atoms with Crippen molar-refractivity contribution in [1.29, 1.82) is 0 Å². The summed E-state index contributed by atoms with van der Waals surface area (Å²) in [5, 5.41) is 8.73. The molecule has 0 aromatic rings. The fourth-order valence-corrected chi connectivity index (χ4v) is 1.62. The highest BCUT2D eigenvalue weighted by Gasteiger charge is 2.24. The molecule has 1 aliphatic rings. The Bertz CT molecular complexity index is 198. The van der Waals surface area contributed by atoms with Gasteiger partial charge in [-0.25, -0.2) is 5.84 Å². The van der Waals surface area contributed by atoms with E-state index >= 15 is 0 Å². The van der Waals surface area contributed by atoms with Crippen LogP contribution in [0.3, 0.4) is 0 Å². The molecule has 0 atom stereocenters. The normalized spacial score (nSPS) is 29.0. The van der Waals surface area contributed by atoms with Crippen molar-refractivity contribution in [1.82, 2.24) is 5.43 Å². The van der Waals surface area contributed by atoms with E-state index in [1.807, 2.05) is 0 Å². The summed E-state index contributed by atoms with van der Waals surface area (Å²) in [6.07, 6.45) is 4.60. The Morgan fingerprint density at radius 1 is 1.46 bits per heavy atom. The Labute approximate surface area is 77.0 Å². The number of nitrogens with two attached hydrogens (primary N) is 1. The molecule has 74 valence electrons. The summed E-state index contributed by atoms with van der Waals surface area (Å²) in [5.74, 6) is 4.18. The molecular weight excluding hydrogens is 170 g/mol. The molecule has 0 spiro atoms. The van der Waals surface area contributed by atoms with Crippen LogP contribution in [0, 0.1) is 5.92 Å². The molecule has 0 bridgehead atoms. The van der Waals surface area contributed by atoms with Gasteiger partial charge >= 0.3 is 5.97 Å². The largest absolute Gasteiger partial charge is 0.481 e. The van der Waals surface area contributed by atoms with Crippen molar-refractivity contribution in [2.45, 2.75) is 31.7 Å². The quantitative estimate of drug-likeness (QED) is 0.252. The second kappa shape index (κ2) is 4.81. The topological polar surface area (TPSA) is 87.7 Å². The average molecular weight is 185 g/mol. The van der Waals surface area contributed by atoms with Gasteiger partial charge in [-0.3, -0.25) is 9.79 Å². The molecule has 1 saturated carbocycles. The van der Waals surface area contributed by atoms with Crippen molar-refractivity contribution < 1.29 is 9.90 Å². The Kier molecular flexibility index (Phi) is 3.70. The first kappa shape index (κ1) is 9.98. The summed E-state index contributed by atoms with van der Waals surface area (Å²) in [6, 6.07) is 0.242. The number of aliphatic imine (C=N–C) groups is 1. The fourth-order valence-electron chi connectivity index (χ4n) is 1.62. The molecule has 5 heteroatoms. The summed E-state index contributed by atoms with van der Waals surface area (Å²) in [6.45, 7) is 0. The number of carboxylic acid groups (broad SMARTS) is 1. The van der Waals surface area contributed by atoms with Crippen molar-refractivity contribution in [2.24, 2.45) is 16.8 Å². The van der Waals surface area contributed by atoms with Gasteiger partial charge in [0.2, 0.25) is 0 Å². The number of carboxylic acids is 1. The second-order valence-electron chi connectivity index (χ2n) is 3.29. The lowest BCUT2D eigenvalue weighted by atomic mass is 9.86. The third-order valence-electron chi connectivity index (χ3n) is 2.41. The molecule has 0 aromatic carbocycles. The first-order chi connectivity index (χ1) is 6.24. The minimum atomic E-state index is -0.681. The predicted molar refractivity (Wildman–Crippen MR) is 49.2 cm³/mol. The lowest BCUT2D eigenvalue weighted by Gasteiger charge is -2.22. The van der Waals surface area contributed by atoms with Crippen LogP contribution in [0.5, 0.6) is 0 Å². The predicted octanol–water partition coefficient (Wildman–Crippen LogP) is 0.121. The highest BCUT2D eigenvalue weighted by Crippen LogP contribution is 2.25. The van der Waals surface area contributed by atoms with Crippen LogP contribution < -0.4 is 11.3 Å². The van der Waals surface area contributed by atoms with E-state index in [-0.39, 0.29) is 12.0 Å². The van der Waals surface area contributed by atoms with Gasteiger partial charge in [-0.1, -0.05) is 0 Å². The van der Waals surface area contributed by atoms with Crippen LogP contribution in [0.25, 0.3) is 0 Å². The summed E-state index contributed by atoms with van der Waals surface area (Å²) < 4.78 is 0. The molecule has 0 aliphatic heterocycles. The van der Waals surface area contributed by atoms with Crippen LogP contribution >= 0.6 is 0 Å². The van der Waals surface area contributed by atoms with Crippen molar-refractivity contribution in [2.75, 3.05) is 0 Å². The molecule has 1 fully saturated rings. The molecule has 0 amide bonds. The van der Waals surface area contributed by atoms with Gasteiger partial charge in [0.25, 0.3) is 0 Å². The third kappa shape index (κ3) is 3.02. The molecule has 1 rings (SSSR count). The molecule has 4 N–H and O–H groups in total. The summed E-state index contributed by atoms with van der Waals surface area (Å²) in [7, 11) is 0. The number of carbonyl (C=O) groups is 1. The van der Waals surface area contributed by atoms with Gasteiger partial charge < -0.3 is 10.5 Å². The van der Waals surface area contributed by atoms with Crippen LogP contribution in [0.2, 0.25) is 0 Å². The maximum Gasteiger partial charge on any atom is 0.306 e. The first-order valence-corrected chi connectivity index (χ1v) is 4.44. The molecule has 0 saturated heterocycles. The molecule has 0 aromatic heterocycles. The smallest absolute Gasteiger partial charge is 0.306 e. The van der Waals surface area contributed by atoms with E-state index in [0.717, 1.165) is 25.7 Å². The Morgan fingerprint density at radius 2 is 2.08 bits per heavy atom. The summed E-state index contributed by atoms with van der Waals surface area (Å²) in [5.41, 5.74) is 2.34. The number of hydrogen-bond donors (Lipinski definition) is 3. The highest BCUT2D eigenvalue weighted by atomic mass is 16.4. The SMILES string of the molecule is NNC=NC1CCC(C(=O)O)CC1. The van der Waals surface area contributed by atoms with Crippen molar-refractivity contribution >= 4 is 12.3 Å². The number of nitrogens with zero attached hydrogens (tertiary/aromatic N) is 1. The number of rotatable bonds is 3. The number of hydrazine groups is 1. The van der Waals surface area contributed by atoms with Gasteiger partial charge in [0.05, 0.1) is 18.3 Å². The van der Waals surface area contributed by atoms with E-state index in [4.69, 9.17) is 10.9 Å². The van der Waals surface area contributed by atoms with Gasteiger partial charge in [-0.2, -0.15) is 0 Å². The lowest BCUT2D eigenvalue weighted by Crippen LogP contribution is -2.25. The van der Waals surface area contributed by atoms with Crippen LogP contribution in [0.4, 0.5) is 0 Å². The zero-order valence-electron chi connectivity index (χ0n) is 7.44. The van der Waals surface area contributed by atoms with Crippen LogP contribution in [-0.4, -0.2) is 23.5 Å². The Hall–Kier alpha value is -1.10. The van der Waals surface area contributed by atoms with Gasteiger partial charge in [-0.05, 0) is 25.7 Å². The molecular formula is C8H15N3O2. The van der Waals surface area contributed by atoms with Gasteiger partial charge in [0, 0.05) is 0 Å². The van der Waals surface area contributed by atoms with E-state index < -0.39 is 5.97 Å². The zero-order valence-corrected chi connectivity index (χ0v) is 7.44. The van der Waals surface area contributed by atoms with Crippen LogP contribution in [0.15, 0.2) is 4.99 Å². The number of hydrogen-bond acceptors (Lipinski definition) is 3. The molecule has 13 heavy (non-hydrogen) atoms. The van der Waals surface area contributed by atoms with E-state index in [9.17, 15) is 4.79 Å². The Morgan fingerprint density at radius 3 is 2.54 bits per heavy atom. The van der Waals surface area contributed by atoms with Crippen molar-refractivity contribution in [3.63, 3.8) is 0 Å². The van der Waals surface area contributed by atoms with Gasteiger partial charge in [-0.15, -0.1) is 0 Å². The van der Waals surface area contributed by atoms with E-state index in [1.165, 1.54) is 6.34 Å². The highest BCUT2D eigenvalue weighted by molar-refractivity contribution is 5.70. The standard InChI is InChI=1S/C8H15N3O2/c9-11-5-10-7-3-1-6(2-4-7)8(12)13/h5-7H,1-4,9H2,(H,10,11)(H,12,13). The maximum atomic E-state index is 10.6.